The smallest absolute Gasteiger partial charge is 0.251 e. The number of halogens is 1. The summed E-state index contributed by atoms with van der Waals surface area (Å²) in [6.07, 6.45) is 3.14. The van der Waals surface area contributed by atoms with Gasteiger partial charge in [0.1, 0.15) is 13.7 Å². The summed E-state index contributed by atoms with van der Waals surface area (Å²) in [5.41, 5.74) is 12.2. The van der Waals surface area contributed by atoms with Crippen LogP contribution in [0.5, 0.6) is 0 Å². The minimum absolute atomic E-state index is 0.320. The highest BCUT2D eigenvalue weighted by Gasteiger charge is 2.41. The Hall–Kier alpha value is -1.77. The van der Waals surface area contributed by atoms with Gasteiger partial charge in [-0.2, -0.15) is 0 Å². The lowest BCUT2D eigenvalue weighted by Crippen LogP contribution is -2.43. The number of hydrogen-bond donors (Lipinski definition) is 2. The number of hydrogen-bond acceptors (Lipinski definition) is 2. The molecule has 0 saturated carbocycles. The topological polar surface area (TPSA) is 71.8 Å². The molecule has 2 rings (SSSR count). The molecule has 6 heteroatoms. The Balaban J connectivity index is 2.79. The second kappa shape index (κ2) is 7.23. The third-order valence-electron chi connectivity index (χ3n) is 5.19. The van der Waals surface area contributed by atoms with Gasteiger partial charge in [-0.25, -0.2) is 4.98 Å². The molecule has 0 unspecified atom stereocenters. The minimum Gasteiger partial charge on any atom is -0.366 e. The van der Waals surface area contributed by atoms with Crippen LogP contribution >= 0.6 is 11.6 Å². The summed E-state index contributed by atoms with van der Waals surface area (Å²) in [6, 6.07) is 0. The van der Waals surface area contributed by atoms with Crippen LogP contribution in [-0.2, 0) is 0 Å². The first-order chi connectivity index (χ1) is 11.6. The summed E-state index contributed by atoms with van der Waals surface area (Å²) in [6.45, 7) is 13.5. The molecule has 2 heterocycles. The molecule has 0 bridgehead atoms. The van der Waals surface area contributed by atoms with Crippen molar-refractivity contribution in [2.75, 3.05) is 0 Å². The van der Waals surface area contributed by atoms with Crippen molar-refractivity contribution in [2.45, 2.75) is 58.2 Å². The maximum atomic E-state index is 11.9. The van der Waals surface area contributed by atoms with Gasteiger partial charge < -0.3 is 10.7 Å². The number of nitrogens with zero attached hydrogens (tertiary/aromatic N) is 1. The third-order valence-corrected chi connectivity index (χ3v) is 11.8. The molecule has 0 radical (unpaired) electrons. The molecule has 0 aromatic carbocycles. The molecule has 0 aliphatic rings. The van der Waals surface area contributed by atoms with Crippen molar-refractivity contribution in [2.24, 2.45) is 5.73 Å². The highest BCUT2D eigenvalue weighted by molar-refractivity contribution is 6.90. The number of carbonyl (C=O) groups is 1. The zero-order valence-electron chi connectivity index (χ0n) is 15.7. The summed E-state index contributed by atoms with van der Waals surface area (Å²) in [5.74, 6) is 2.78. The van der Waals surface area contributed by atoms with E-state index in [4.69, 9.17) is 17.3 Å². The average Bonchev–Trinajstić information content (AvgIpc) is 2.88. The Morgan fingerprint density at radius 1 is 1.20 bits per heavy atom. The number of nitrogens with one attached hydrogen (secondary N) is 1. The van der Waals surface area contributed by atoms with Crippen LogP contribution in [0.2, 0.25) is 21.6 Å². The summed E-state index contributed by atoms with van der Waals surface area (Å²) < 4.78 is 0. The maximum absolute atomic E-state index is 11.9. The summed E-state index contributed by atoms with van der Waals surface area (Å²) >= 11 is 6.31. The van der Waals surface area contributed by atoms with E-state index < -0.39 is 14.0 Å². The predicted molar refractivity (Wildman–Crippen MR) is 108 cm³/mol. The Labute approximate surface area is 155 Å². The van der Waals surface area contributed by atoms with E-state index in [-0.39, 0.29) is 0 Å². The molecule has 0 aliphatic carbocycles. The number of fused-ring (bicyclic) bond motifs is 1. The molecule has 0 spiro atoms. The number of primary amides is 1. The predicted octanol–water partition coefficient (Wildman–Crippen LogP) is 4.88. The highest BCUT2D eigenvalue weighted by Crippen LogP contribution is 2.41. The average molecular weight is 376 g/mol. The van der Waals surface area contributed by atoms with Crippen molar-refractivity contribution in [1.29, 1.82) is 0 Å². The van der Waals surface area contributed by atoms with Crippen molar-refractivity contribution >= 4 is 36.6 Å². The van der Waals surface area contributed by atoms with Crippen LogP contribution in [0.25, 0.3) is 11.0 Å². The first-order valence-corrected chi connectivity index (χ1v) is 11.2. The zero-order chi connectivity index (χ0) is 18.9. The summed E-state index contributed by atoms with van der Waals surface area (Å²) in [7, 11) is -1.94. The fraction of sp³-hybridized carbons (Fsp3) is 0.474. The second-order valence-electron chi connectivity index (χ2n) is 7.42. The lowest BCUT2D eigenvalue weighted by atomic mass is 10.1. The van der Waals surface area contributed by atoms with Crippen LogP contribution in [0.3, 0.4) is 0 Å². The normalized spacial score (nSPS) is 12.1. The first-order valence-electron chi connectivity index (χ1n) is 8.61. The Morgan fingerprint density at radius 3 is 2.24 bits per heavy atom. The van der Waals surface area contributed by atoms with E-state index in [1.54, 1.807) is 6.20 Å². The van der Waals surface area contributed by atoms with Gasteiger partial charge in [0.2, 0.25) is 0 Å². The quantitative estimate of drug-likeness (QED) is 0.590. The minimum atomic E-state index is -1.94. The molecule has 134 valence electrons. The van der Waals surface area contributed by atoms with Gasteiger partial charge in [-0.1, -0.05) is 59.1 Å². The molecule has 3 N–H and O–H groups in total. The van der Waals surface area contributed by atoms with Crippen molar-refractivity contribution in [3.63, 3.8) is 0 Å². The number of H-pyrrole nitrogens is 1. The molecule has 0 atom stereocenters. The van der Waals surface area contributed by atoms with Crippen molar-refractivity contribution in [3.05, 3.63) is 28.5 Å². The van der Waals surface area contributed by atoms with Gasteiger partial charge in [0.25, 0.3) is 5.91 Å². The van der Waals surface area contributed by atoms with E-state index >= 15 is 0 Å². The fourth-order valence-corrected chi connectivity index (χ4v) is 9.42. The van der Waals surface area contributed by atoms with Crippen molar-refractivity contribution in [1.82, 2.24) is 9.97 Å². The standard InChI is InChI=1S/C19H26ClN3OSi/c1-11(2)25(12(3)4,13(5)6)8-7-14-15(18(21)24)9-22-19-17(14)16(20)10-23-19/h9-13H,1-6H3,(H2,21,24)(H,22,23). The number of pyridine rings is 1. The molecule has 0 aliphatic heterocycles. The van der Waals surface area contributed by atoms with Gasteiger partial charge in [0.15, 0.2) is 0 Å². The molecule has 4 nitrogen and oxygen atoms in total. The summed E-state index contributed by atoms with van der Waals surface area (Å²) in [5, 5.41) is 1.17. The van der Waals surface area contributed by atoms with Crippen LogP contribution in [0.1, 0.15) is 57.5 Å². The monoisotopic (exact) mass is 375 g/mol. The number of amides is 1. The lowest BCUT2D eigenvalue weighted by Gasteiger charge is -2.38. The Morgan fingerprint density at radius 2 is 1.76 bits per heavy atom. The number of aromatic nitrogens is 2. The van der Waals surface area contributed by atoms with E-state index in [0.717, 1.165) is 0 Å². The lowest BCUT2D eigenvalue weighted by molar-refractivity contribution is 0.1000. The number of aromatic amines is 1. The SMILES string of the molecule is CC(C)[Si](C#Cc1c(C(N)=O)cnc2[nH]cc(Cl)c12)(C(C)C)C(C)C. The van der Waals surface area contributed by atoms with Gasteiger partial charge in [-0.3, -0.25) is 4.79 Å². The zero-order valence-corrected chi connectivity index (χ0v) is 17.5. The number of carbonyl (C=O) groups excluding carboxylic acids is 1. The van der Waals surface area contributed by atoms with Gasteiger partial charge in [-0.15, -0.1) is 5.54 Å². The summed E-state index contributed by atoms with van der Waals surface area (Å²) in [4.78, 5) is 19.1. The van der Waals surface area contributed by atoms with E-state index in [1.807, 2.05) is 0 Å². The molecule has 2 aromatic heterocycles. The first kappa shape index (κ1) is 19.6. The molecule has 0 fully saturated rings. The van der Waals surface area contributed by atoms with Crippen LogP contribution in [-0.4, -0.2) is 23.9 Å². The van der Waals surface area contributed by atoms with E-state index in [2.05, 4.69) is 63.0 Å². The molecule has 2 aromatic rings. The largest absolute Gasteiger partial charge is 0.366 e. The third kappa shape index (κ3) is 3.33. The molecule has 1 amide bonds. The Kier molecular flexibility index (Phi) is 5.65. The van der Waals surface area contributed by atoms with E-state index in [1.165, 1.54) is 6.20 Å². The van der Waals surface area contributed by atoms with Crippen molar-refractivity contribution in [3.8, 4) is 11.5 Å². The second-order valence-corrected chi connectivity index (χ2v) is 13.4. The molecule has 25 heavy (non-hydrogen) atoms. The van der Waals surface area contributed by atoms with Crippen LogP contribution in [0.15, 0.2) is 12.4 Å². The van der Waals surface area contributed by atoms with Gasteiger partial charge in [0, 0.05) is 12.4 Å². The van der Waals surface area contributed by atoms with Crippen LogP contribution < -0.4 is 5.73 Å². The van der Waals surface area contributed by atoms with Crippen LogP contribution in [0.4, 0.5) is 0 Å². The highest BCUT2D eigenvalue weighted by atomic mass is 35.5. The number of rotatable bonds is 4. The van der Waals surface area contributed by atoms with Crippen LogP contribution in [0, 0.1) is 11.5 Å². The maximum Gasteiger partial charge on any atom is 0.251 e. The molecule has 0 saturated heterocycles. The van der Waals surface area contributed by atoms with Gasteiger partial charge in [0.05, 0.1) is 21.5 Å². The number of nitrogens with two attached hydrogens (primary N) is 1. The van der Waals surface area contributed by atoms with E-state index in [0.29, 0.717) is 43.8 Å². The molecular weight excluding hydrogens is 350 g/mol. The van der Waals surface area contributed by atoms with Crippen molar-refractivity contribution < 1.29 is 4.79 Å². The van der Waals surface area contributed by atoms with Gasteiger partial charge in [-0.05, 0) is 16.6 Å². The molecular formula is C19H26ClN3OSi. The fourth-order valence-electron chi connectivity index (χ4n) is 3.98. The Bertz CT molecular complexity index is 837. The van der Waals surface area contributed by atoms with Gasteiger partial charge >= 0.3 is 0 Å². The van der Waals surface area contributed by atoms with E-state index in [9.17, 15) is 4.79 Å².